The van der Waals surface area contributed by atoms with Gasteiger partial charge in [0.1, 0.15) is 11.4 Å². The first-order valence-electron chi connectivity index (χ1n) is 14.8. The zero-order chi connectivity index (χ0) is 33.8. The molecule has 0 bridgehead atoms. The van der Waals surface area contributed by atoms with E-state index in [1.807, 2.05) is 26.0 Å². The average Bonchev–Trinajstić information content (AvgIpc) is 2.99. The van der Waals surface area contributed by atoms with Gasteiger partial charge in [0.15, 0.2) is 0 Å². The van der Waals surface area contributed by atoms with E-state index in [2.05, 4.69) is 32.5 Å². The number of aryl methyl sites for hydroxylation is 2. The van der Waals surface area contributed by atoms with E-state index in [1.54, 1.807) is 63.2 Å². The van der Waals surface area contributed by atoms with Gasteiger partial charge < -0.3 is 26.4 Å². The maximum atomic E-state index is 13.6. The number of nitrogens with zero attached hydrogens (tertiary/aromatic N) is 4. The predicted molar refractivity (Wildman–Crippen MR) is 178 cm³/mol. The molecule has 4 rings (SSSR count). The minimum atomic E-state index is -0.927. The van der Waals surface area contributed by atoms with E-state index in [4.69, 9.17) is 10.5 Å². The third kappa shape index (κ3) is 8.24. The molecule has 3 aromatic rings. The molecule has 0 radical (unpaired) electrons. The fourth-order valence-corrected chi connectivity index (χ4v) is 4.71. The van der Waals surface area contributed by atoms with E-state index in [-0.39, 0.29) is 37.3 Å². The van der Waals surface area contributed by atoms with Gasteiger partial charge >= 0.3 is 12.0 Å². The van der Waals surface area contributed by atoms with Crippen LogP contribution in [0.25, 0.3) is 0 Å². The average molecular weight is 629 g/mol. The summed E-state index contributed by atoms with van der Waals surface area (Å²) in [6.45, 7) is 12.7. The number of hydrogen-bond acceptors (Lipinski definition) is 9. The Labute approximate surface area is 268 Å². The summed E-state index contributed by atoms with van der Waals surface area (Å²) in [5.74, 6) is -0.475. The van der Waals surface area contributed by atoms with Crippen LogP contribution < -0.4 is 31.5 Å². The molecule has 13 nitrogen and oxygen atoms in total. The van der Waals surface area contributed by atoms with Gasteiger partial charge in [-0.15, -0.1) is 0 Å². The maximum absolute atomic E-state index is 13.6. The van der Waals surface area contributed by atoms with Gasteiger partial charge in [-0.05, 0) is 82.5 Å². The molecular formula is C33H40N8O5. The molecule has 46 heavy (non-hydrogen) atoms. The summed E-state index contributed by atoms with van der Waals surface area (Å²) in [5.41, 5.74) is 10.2. The molecule has 4 amide bonds. The van der Waals surface area contributed by atoms with Crippen LogP contribution in [0.2, 0.25) is 0 Å². The van der Waals surface area contributed by atoms with Crippen molar-refractivity contribution in [2.45, 2.75) is 65.6 Å². The van der Waals surface area contributed by atoms with Crippen LogP contribution in [-0.4, -0.2) is 52.5 Å². The molecule has 1 aromatic heterocycles. The SMILES string of the molecule is C=CC(=O)Nc1cc(Nc2ncc3c(n2)N(C)C(=O)N(c2cc(NC(=O)[C@@H](N)CCC(=O)OC(C)(C)C)ccc2C)C3)ccc1C. The summed E-state index contributed by atoms with van der Waals surface area (Å²) >= 11 is 0. The number of nitrogens with one attached hydrogen (secondary N) is 3. The molecule has 13 heteroatoms. The molecule has 0 fully saturated rings. The lowest BCUT2D eigenvalue weighted by molar-refractivity contribution is -0.155. The first kappa shape index (κ1) is 33.6. The number of amides is 4. The fourth-order valence-electron chi connectivity index (χ4n) is 4.71. The van der Waals surface area contributed by atoms with Gasteiger partial charge in [0, 0.05) is 42.3 Å². The molecule has 0 saturated heterocycles. The van der Waals surface area contributed by atoms with E-state index < -0.39 is 23.5 Å². The number of nitrogens with two attached hydrogens (primary N) is 1. The van der Waals surface area contributed by atoms with E-state index >= 15 is 0 Å². The van der Waals surface area contributed by atoms with Gasteiger partial charge in [0.2, 0.25) is 17.8 Å². The molecule has 0 unspecified atom stereocenters. The lowest BCUT2D eigenvalue weighted by atomic mass is 10.1. The lowest BCUT2D eigenvalue weighted by Gasteiger charge is -2.35. The molecule has 1 atom stereocenters. The Morgan fingerprint density at radius 2 is 1.78 bits per heavy atom. The van der Waals surface area contributed by atoms with Crippen LogP contribution in [0.1, 0.15) is 50.3 Å². The summed E-state index contributed by atoms with van der Waals surface area (Å²) in [4.78, 5) is 62.3. The Balaban J connectivity index is 1.47. The Bertz CT molecular complexity index is 1680. The molecule has 0 aliphatic carbocycles. The van der Waals surface area contributed by atoms with Crippen molar-refractivity contribution in [1.82, 2.24) is 9.97 Å². The molecule has 2 heterocycles. The van der Waals surface area contributed by atoms with Crippen LogP contribution in [0, 0.1) is 13.8 Å². The number of urea groups is 1. The number of benzene rings is 2. The van der Waals surface area contributed by atoms with Crippen molar-refractivity contribution < 1.29 is 23.9 Å². The van der Waals surface area contributed by atoms with E-state index in [9.17, 15) is 19.2 Å². The Hall–Kier alpha value is -5.30. The smallest absolute Gasteiger partial charge is 0.330 e. The van der Waals surface area contributed by atoms with Gasteiger partial charge in [0.25, 0.3) is 0 Å². The second-order valence-corrected chi connectivity index (χ2v) is 12.0. The summed E-state index contributed by atoms with van der Waals surface area (Å²) < 4.78 is 5.29. The van der Waals surface area contributed by atoms with Crippen LogP contribution in [0.5, 0.6) is 0 Å². The topological polar surface area (TPSA) is 172 Å². The zero-order valence-corrected chi connectivity index (χ0v) is 26.9. The molecule has 5 N–H and O–H groups in total. The van der Waals surface area contributed by atoms with Crippen molar-refractivity contribution in [3.8, 4) is 0 Å². The predicted octanol–water partition coefficient (Wildman–Crippen LogP) is 4.93. The third-order valence-corrected chi connectivity index (χ3v) is 7.13. The Kier molecular flexibility index (Phi) is 10.1. The van der Waals surface area contributed by atoms with Crippen LogP contribution in [0.3, 0.4) is 0 Å². The zero-order valence-electron chi connectivity index (χ0n) is 26.9. The van der Waals surface area contributed by atoms with Crippen molar-refractivity contribution in [2.75, 3.05) is 32.8 Å². The molecule has 0 saturated carbocycles. The van der Waals surface area contributed by atoms with Gasteiger partial charge in [-0.2, -0.15) is 4.98 Å². The number of carbonyl (C=O) groups is 4. The summed E-state index contributed by atoms with van der Waals surface area (Å²) in [7, 11) is 1.63. The van der Waals surface area contributed by atoms with E-state index in [0.29, 0.717) is 34.1 Å². The lowest BCUT2D eigenvalue weighted by Crippen LogP contribution is -2.46. The second-order valence-electron chi connectivity index (χ2n) is 12.0. The minimum absolute atomic E-state index is 0.0122. The molecule has 0 spiro atoms. The maximum Gasteiger partial charge on any atom is 0.330 e. The summed E-state index contributed by atoms with van der Waals surface area (Å²) in [6.07, 6.45) is 2.99. The largest absolute Gasteiger partial charge is 0.460 e. The molecule has 242 valence electrons. The summed E-state index contributed by atoms with van der Waals surface area (Å²) in [5, 5.41) is 8.69. The van der Waals surface area contributed by atoms with Crippen LogP contribution in [-0.2, 0) is 25.7 Å². The quantitative estimate of drug-likeness (QED) is 0.180. The number of aromatic nitrogens is 2. The molecule has 1 aliphatic heterocycles. The standard InChI is InChI=1S/C33H40N8O5/c1-8-27(42)38-25-15-22(11-9-19(25)2)37-31-35-17-21-18-41(32(45)40(7)29(21)39-31)26-16-23(12-10-20(26)3)36-30(44)24(34)13-14-28(43)46-33(4,5)6/h8-12,15-17,24H,1,13-14,18,34H2,2-7H3,(H,36,44)(H,38,42)(H,35,37,39)/t24-/m0/s1. The summed E-state index contributed by atoms with van der Waals surface area (Å²) in [6, 6.07) is 9.44. The van der Waals surface area contributed by atoms with Crippen LogP contribution in [0.15, 0.2) is 55.3 Å². The number of anilines is 6. The van der Waals surface area contributed by atoms with E-state index in [0.717, 1.165) is 11.1 Å². The first-order valence-corrected chi connectivity index (χ1v) is 14.8. The number of fused-ring (bicyclic) bond motifs is 1. The number of esters is 1. The second kappa shape index (κ2) is 13.8. The van der Waals surface area contributed by atoms with Crippen molar-refractivity contribution in [1.29, 1.82) is 0 Å². The van der Waals surface area contributed by atoms with Gasteiger partial charge in [-0.3, -0.25) is 24.2 Å². The number of carbonyl (C=O) groups excluding carboxylic acids is 4. The fraction of sp³-hybridized carbons (Fsp3) is 0.333. The molecular weight excluding hydrogens is 588 g/mol. The first-order chi connectivity index (χ1) is 21.6. The van der Waals surface area contributed by atoms with Crippen LogP contribution in [0.4, 0.5) is 39.3 Å². The Morgan fingerprint density at radius 1 is 1.09 bits per heavy atom. The number of rotatable bonds is 10. The van der Waals surface area contributed by atoms with Crippen molar-refractivity contribution in [2.24, 2.45) is 5.73 Å². The normalized spacial score (nSPS) is 13.4. The highest BCUT2D eigenvalue weighted by Crippen LogP contribution is 2.33. The van der Waals surface area contributed by atoms with Crippen LogP contribution >= 0.6 is 0 Å². The van der Waals surface area contributed by atoms with Gasteiger partial charge in [-0.25, -0.2) is 9.78 Å². The number of hydrogen-bond donors (Lipinski definition) is 4. The van der Waals surface area contributed by atoms with Gasteiger partial charge in [0.05, 0.1) is 18.3 Å². The Morgan fingerprint density at radius 3 is 2.48 bits per heavy atom. The molecule has 2 aromatic carbocycles. The van der Waals surface area contributed by atoms with E-state index in [1.165, 1.54) is 11.0 Å². The number of ether oxygens (including phenoxy) is 1. The van der Waals surface area contributed by atoms with Gasteiger partial charge in [-0.1, -0.05) is 18.7 Å². The minimum Gasteiger partial charge on any atom is -0.460 e. The monoisotopic (exact) mass is 628 g/mol. The highest BCUT2D eigenvalue weighted by atomic mass is 16.6. The highest BCUT2D eigenvalue weighted by Gasteiger charge is 2.32. The molecule has 1 aliphatic rings. The van der Waals surface area contributed by atoms with Crippen molar-refractivity contribution >= 4 is 58.3 Å². The third-order valence-electron chi connectivity index (χ3n) is 7.13. The van der Waals surface area contributed by atoms with Crippen molar-refractivity contribution in [3.63, 3.8) is 0 Å². The highest BCUT2D eigenvalue weighted by molar-refractivity contribution is 6.06. The van der Waals surface area contributed by atoms with Crippen molar-refractivity contribution in [3.05, 3.63) is 71.9 Å².